The maximum absolute atomic E-state index is 12.5. The van der Waals surface area contributed by atoms with Crippen LogP contribution in [0.4, 0.5) is 18.3 Å². The van der Waals surface area contributed by atoms with Crippen molar-refractivity contribution in [3.05, 3.63) is 18.2 Å². The Morgan fingerprint density at radius 3 is 2.67 bits per heavy atom. The molecule has 0 bridgehead atoms. The summed E-state index contributed by atoms with van der Waals surface area (Å²) in [5.74, 6) is -0.857. The number of rotatable bonds is 7. The van der Waals surface area contributed by atoms with E-state index in [0.29, 0.717) is 42.6 Å². The van der Waals surface area contributed by atoms with Crippen LogP contribution < -0.4 is 10.1 Å². The van der Waals surface area contributed by atoms with E-state index in [4.69, 9.17) is 0 Å². The molecule has 0 saturated carbocycles. The maximum Gasteiger partial charge on any atom is 0.573 e. The minimum Gasteiger partial charge on any atom is -0.406 e. The van der Waals surface area contributed by atoms with Crippen molar-refractivity contribution in [2.24, 2.45) is 5.92 Å². The normalized spacial score (nSPS) is 16.7. The van der Waals surface area contributed by atoms with Gasteiger partial charge >= 0.3 is 6.36 Å². The van der Waals surface area contributed by atoms with Gasteiger partial charge < -0.3 is 10.1 Å². The molecule has 0 aliphatic carbocycles. The molecule has 12 heteroatoms. The third-order valence-corrected chi connectivity index (χ3v) is 7.69. The van der Waals surface area contributed by atoms with Gasteiger partial charge in [-0.3, -0.25) is 4.79 Å². The van der Waals surface area contributed by atoms with E-state index in [1.54, 1.807) is 0 Å². The van der Waals surface area contributed by atoms with Gasteiger partial charge in [-0.25, -0.2) is 17.7 Å². The third kappa shape index (κ3) is 5.82. The molecule has 2 heterocycles. The molecule has 166 valence electrons. The molecule has 1 aromatic heterocycles. The van der Waals surface area contributed by atoms with Crippen molar-refractivity contribution >= 4 is 42.6 Å². The van der Waals surface area contributed by atoms with E-state index < -0.39 is 16.4 Å². The number of aromatic nitrogens is 1. The first kappa shape index (κ1) is 22.8. The van der Waals surface area contributed by atoms with E-state index in [2.05, 4.69) is 15.0 Å². The number of alkyl halides is 3. The van der Waals surface area contributed by atoms with Crippen LogP contribution in [0.15, 0.2) is 18.2 Å². The lowest BCUT2D eigenvalue weighted by molar-refractivity contribution is -0.274. The summed E-state index contributed by atoms with van der Waals surface area (Å²) in [6.45, 7) is 2.52. The number of halogens is 3. The number of hydrogen-bond donors (Lipinski definition) is 1. The van der Waals surface area contributed by atoms with Crippen molar-refractivity contribution in [1.82, 2.24) is 9.29 Å². The summed E-state index contributed by atoms with van der Waals surface area (Å²) in [7, 11) is -3.29. The number of piperidine rings is 1. The Balaban J connectivity index is 1.59. The van der Waals surface area contributed by atoms with Gasteiger partial charge in [-0.05, 0) is 31.4 Å². The minimum atomic E-state index is -4.78. The highest BCUT2D eigenvalue weighted by molar-refractivity contribution is 7.89. The van der Waals surface area contributed by atoms with Crippen LogP contribution in [0.2, 0.25) is 0 Å². The molecule has 7 nitrogen and oxygen atoms in total. The van der Waals surface area contributed by atoms with E-state index in [-0.39, 0.29) is 28.5 Å². The van der Waals surface area contributed by atoms with Gasteiger partial charge in [0, 0.05) is 25.1 Å². The zero-order chi connectivity index (χ0) is 21.9. The predicted octanol–water partition coefficient (Wildman–Crippen LogP) is 3.98. The largest absolute Gasteiger partial charge is 0.573 e. The number of amides is 1. The molecule has 0 spiro atoms. The standard InChI is InChI=1S/C18H22F3N3O4S2/c1-2-3-10-30(26,27)24-8-6-12(7-9-24)16(25)23-17-22-14-5-4-13(11-15(14)29-17)28-18(19,20)21/h4-5,11-12H,2-3,6-10H2,1H3,(H,22,23,25). The second kappa shape index (κ2) is 9.06. The Morgan fingerprint density at radius 1 is 1.33 bits per heavy atom. The lowest BCUT2D eigenvalue weighted by Gasteiger charge is -2.30. The lowest BCUT2D eigenvalue weighted by Crippen LogP contribution is -2.42. The van der Waals surface area contributed by atoms with Crippen LogP contribution in [0, 0.1) is 5.92 Å². The van der Waals surface area contributed by atoms with Crippen molar-refractivity contribution in [1.29, 1.82) is 0 Å². The monoisotopic (exact) mass is 465 g/mol. The number of unbranched alkanes of at least 4 members (excludes halogenated alkanes) is 1. The number of anilines is 1. The summed E-state index contributed by atoms with van der Waals surface area (Å²) in [4.78, 5) is 16.8. The second-order valence-corrected chi connectivity index (χ2v) is 10.1. The maximum atomic E-state index is 12.5. The van der Waals surface area contributed by atoms with E-state index in [9.17, 15) is 26.4 Å². The molecule has 1 aromatic carbocycles. The number of thiazole rings is 1. The quantitative estimate of drug-likeness (QED) is 0.668. The van der Waals surface area contributed by atoms with Crippen LogP contribution >= 0.6 is 11.3 Å². The smallest absolute Gasteiger partial charge is 0.406 e. The Kier molecular flexibility index (Phi) is 6.88. The number of fused-ring (bicyclic) bond motifs is 1. The number of nitrogens with zero attached hydrogens (tertiary/aromatic N) is 2. The summed E-state index contributed by atoms with van der Waals surface area (Å²) in [6.07, 6.45) is -2.56. The highest BCUT2D eigenvalue weighted by atomic mass is 32.2. The molecule has 3 rings (SSSR count). The highest BCUT2D eigenvalue weighted by Gasteiger charge is 2.32. The number of carbonyl (C=O) groups is 1. The van der Waals surface area contributed by atoms with Crippen LogP contribution in [0.25, 0.3) is 10.2 Å². The number of nitrogens with one attached hydrogen (secondary N) is 1. The fourth-order valence-electron chi connectivity index (χ4n) is 3.21. The number of carbonyl (C=O) groups excluding carboxylic acids is 1. The SMILES string of the molecule is CCCCS(=O)(=O)N1CCC(C(=O)Nc2nc3ccc(OC(F)(F)F)cc3s2)CC1. The summed E-state index contributed by atoms with van der Waals surface area (Å²) in [5.41, 5.74) is 0.446. The van der Waals surface area contributed by atoms with E-state index in [1.165, 1.54) is 16.4 Å². The predicted molar refractivity (Wildman–Crippen MR) is 108 cm³/mol. The van der Waals surface area contributed by atoms with Gasteiger partial charge in [-0.15, -0.1) is 13.2 Å². The van der Waals surface area contributed by atoms with Crippen molar-refractivity contribution in [3.63, 3.8) is 0 Å². The zero-order valence-electron chi connectivity index (χ0n) is 16.2. The second-order valence-electron chi connectivity index (χ2n) is 7.03. The number of sulfonamides is 1. The molecule has 1 amide bonds. The molecule has 1 saturated heterocycles. The van der Waals surface area contributed by atoms with Crippen molar-refractivity contribution in [2.75, 3.05) is 24.2 Å². The van der Waals surface area contributed by atoms with Gasteiger partial charge in [0.25, 0.3) is 0 Å². The summed E-state index contributed by atoms with van der Waals surface area (Å²) in [5, 5.41) is 2.97. The number of benzene rings is 1. The first-order chi connectivity index (χ1) is 14.1. The third-order valence-electron chi connectivity index (χ3n) is 4.80. The molecule has 30 heavy (non-hydrogen) atoms. The molecule has 1 fully saturated rings. The topological polar surface area (TPSA) is 88.6 Å². The van der Waals surface area contributed by atoms with Crippen molar-refractivity contribution in [2.45, 2.75) is 39.0 Å². The fraction of sp³-hybridized carbons (Fsp3) is 0.556. The lowest BCUT2D eigenvalue weighted by atomic mass is 9.97. The zero-order valence-corrected chi connectivity index (χ0v) is 17.9. The van der Waals surface area contributed by atoms with Gasteiger partial charge in [-0.1, -0.05) is 24.7 Å². The van der Waals surface area contributed by atoms with Gasteiger partial charge in [0.15, 0.2) is 5.13 Å². The van der Waals surface area contributed by atoms with Gasteiger partial charge in [0.05, 0.1) is 16.0 Å². The van der Waals surface area contributed by atoms with Crippen LogP contribution in [0.1, 0.15) is 32.6 Å². The molecule has 1 aliphatic heterocycles. The van der Waals surface area contributed by atoms with E-state index in [0.717, 1.165) is 23.8 Å². The Morgan fingerprint density at radius 2 is 2.03 bits per heavy atom. The Hall–Kier alpha value is -1.92. The highest BCUT2D eigenvalue weighted by Crippen LogP contribution is 2.32. The number of hydrogen-bond acceptors (Lipinski definition) is 6. The summed E-state index contributed by atoms with van der Waals surface area (Å²) < 4.78 is 67.4. The van der Waals surface area contributed by atoms with E-state index in [1.807, 2.05) is 6.92 Å². The van der Waals surface area contributed by atoms with Crippen molar-refractivity contribution < 1.29 is 31.1 Å². The first-order valence-corrected chi connectivity index (χ1v) is 11.9. The molecular formula is C18H22F3N3O4S2. The van der Waals surface area contributed by atoms with Crippen LogP contribution in [0.5, 0.6) is 5.75 Å². The molecular weight excluding hydrogens is 443 g/mol. The summed E-state index contributed by atoms with van der Waals surface area (Å²) >= 11 is 1.05. The molecule has 1 aliphatic rings. The van der Waals surface area contributed by atoms with Gasteiger partial charge in [0.2, 0.25) is 15.9 Å². The molecule has 1 N–H and O–H groups in total. The average molecular weight is 466 g/mol. The van der Waals surface area contributed by atoms with Crippen LogP contribution in [-0.2, 0) is 14.8 Å². The molecule has 0 atom stereocenters. The van der Waals surface area contributed by atoms with Crippen LogP contribution in [0.3, 0.4) is 0 Å². The van der Waals surface area contributed by atoms with Crippen LogP contribution in [-0.4, -0.2) is 48.8 Å². The van der Waals surface area contributed by atoms with Crippen molar-refractivity contribution in [3.8, 4) is 5.75 Å². The molecule has 2 aromatic rings. The first-order valence-electron chi connectivity index (χ1n) is 9.52. The molecule has 0 unspecified atom stereocenters. The Bertz CT molecular complexity index is 1000. The Labute approximate surface area is 176 Å². The average Bonchev–Trinajstić information content (AvgIpc) is 3.06. The number of ether oxygens (including phenoxy) is 1. The fourth-order valence-corrected chi connectivity index (χ4v) is 5.79. The van der Waals surface area contributed by atoms with Gasteiger partial charge in [0.1, 0.15) is 5.75 Å². The van der Waals surface area contributed by atoms with E-state index >= 15 is 0 Å². The summed E-state index contributed by atoms with van der Waals surface area (Å²) in [6, 6.07) is 3.77. The molecule has 0 radical (unpaired) electrons. The minimum absolute atomic E-state index is 0.117. The van der Waals surface area contributed by atoms with Gasteiger partial charge in [-0.2, -0.15) is 0 Å².